The lowest BCUT2D eigenvalue weighted by molar-refractivity contribution is -0.137. The predicted octanol–water partition coefficient (Wildman–Crippen LogP) is 3.53. The van der Waals surface area contributed by atoms with E-state index in [0.29, 0.717) is 24.2 Å². The number of methoxy groups -OCH3 is 1. The molecule has 6 heteroatoms. The second kappa shape index (κ2) is 6.25. The van der Waals surface area contributed by atoms with Crippen molar-refractivity contribution >= 4 is 11.4 Å². The minimum atomic E-state index is -4.44. The maximum absolute atomic E-state index is 12.8. The van der Waals surface area contributed by atoms with Gasteiger partial charge in [0.05, 0.1) is 18.9 Å². The largest absolute Gasteiger partial charge is 0.504 e. The summed E-state index contributed by atoms with van der Waals surface area (Å²) in [6.07, 6.45) is -2.78. The van der Waals surface area contributed by atoms with Crippen LogP contribution in [0.2, 0.25) is 0 Å². The highest BCUT2D eigenvalue weighted by atomic mass is 19.4. The fourth-order valence-corrected chi connectivity index (χ4v) is 2.41. The number of halogens is 3. The topological polar surface area (TPSA) is 38.3 Å². The molecule has 0 saturated carbocycles. The SMILES string of the molecule is CCNC1=C(c2cccc(C(F)(F)F)c2)C(=O)C(=COC)C1. The van der Waals surface area contributed by atoms with E-state index in [1.54, 1.807) is 0 Å². The molecule has 0 radical (unpaired) electrons. The standard InChI is InChI=1S/C16H16F3NO2/c1-3-20-13-8-11(9-22-2)15(21)14(13)10-5-4-6-12(7-10)16(17,18)19/h4-7,9,20H,3,8H2,1-2H3. The fraction of sp³-hybridized carbons (Fsp3) is 0.312. The molecule has 3 nitrogen and oxygen atoms in total. The third-order valence-corrected chi connectivity index (χ3v) is 3.32. The lowest BCUT2D eigenvalue weighted by atomic mass is 10.00. The first-order valence-electron chi connectivity index (χ1n) is 6.79. The summed E-state index contributed by atoms with van der Waals surface area (Å²) in [6.45, 7) is 2.44. The average molecular weight is 311 g/mol. The Morgan fingerprint density at radius 1 is 1.36 bits per heavy atom. The fourth-order valence-electron chi connectivity index (χ4n) is 2.41. The van der Waals surface area contributed by atoms with Crippen molar-refractivity contribution in [3.63, 3.8) is 0 Å². The smallest absolute Gasteiger partial charge is 0.416 e. The maximum Gasteiger partial charge on any atom is 0.416 e. The van der Waals surface area contributed by atoms with Gasteiger partial charge in [-0.15, -0.1) is 0 Å². The number of Topliss-reactive ketones (excluding diaryl/α,β-unsaturated/α-hetero) is 1. The predicted molar refractivity (Wildman–Crippen MR) is 76.8 cm³/mol. The molecule has 0 aliphatic heterocycles. The van der Waals surface area contributed by atoms with Gasteiger partial charge in [-0.3, -0.25) is 4.79 Å². The van der Waals surface area contributed by atoms with Crippen molar-refractivity contribution in [3.8, 4) is 0 Å². The average Bonchev–Trinajstić information content (AvgIpc) is 2.75. The molecule has 0 fully saturated rings. The minimum absolute atomic E-state index is 0.260. The minimum Gasteiger partial charge on any atom is -0.504 e. The van der Waals surface area contributed by atoms with Crippen molar-refractivity contribution in [2.75, 3.05) is 13.7 Å². The van der Waals surface area contributed by atoms with E-state index in [2.05, 4.69) is 5.32 Å². The van der Waals surface area contributed by atoms with E-state index in [9.17, 15) is 18.0 Å². The van der Waals surface area contributed by atoms with E-state index >= 15 is 0 Å². The Bertz CT molecular complexity index is 645. The second-order valence-electron chi connectivity index (χ2n) is 4.85. The number of ketones is 1. The van der Waals surface area contributed by atoms with Crippen LogP contribution in [0.5, 0.6) is 0 Å². The van der Waals surface area contributed by atoms with Crippen LogP contribution in [0.15, 0.2) is 41.8 Å². The van der Waals surface area contributed by atoms with Crippen LogP contribution >= 0.6 is 0 Å². The van der Waals surface area contributed by atoms with Gasteiger partial charge in [-0.05, 0) is 24.6 Å². The lowest BCUT2D eigenvalue weighted by Gasteiger charge is -2.11. The van der Waals surface area contributed by atoms with Crippen molar-refractivity contribution in [1.82, 2.24) is 5.32 Å². The van der Waals surface area contributed by atoms with Gasteiger partial charge in [0, 0.05) is 29.8 Å². The molecule has 1 aromatic carbocycles. The van der Waals surface area contributed by atoms with E-state index in [0.717, 1.165) is 12.1 Å². The molecule has 0 bridgehead atoms. The summed E-state index contributed by atoms with van der Waals surface area (Å²) in [7, 11) is 1.43. The van der Waals surface area contributed by atoms with E-state index in [1.807, 2.05) is 6.92 Å². The monoisotopic (exact) mass is 311 g/mol. The molecule has 1 aromatic rings. The quantitative estimate of drug-likeness (QED) is 0.683. The lowest BCUT2D eigenvalue weighted by Crippen LogP contribution is -2.12. The first kappa shape index (κ1) is 16.1. The number of alkyl halides is 3. The normalized spacial score (nSPS) is 17.3. The summed E-state index contributed by atoms with van der Waals surface area (Å²) >= 11 is 0. The number of nitrogens with one attached hydrogen (secondary N) is 1. The van der Waals surface area contributed by atoms with Crippen LogP contribution in [0.4, 0.5) is 13.2 Å². The number of ether oxygens (including phenoxy) is 1. The molecule has 0 amide bonds. The third kappa shape index (κ3) is 3.16. The molecule has 2 rings (SSSR count). The van der Waals surface area contributed by atoms with E-state index < -0.39 is 11.7 Å². The first-order chi connectivity index (χ1) is 10.4. The van der Waals surface area contributed by atoms with Gasteiger partial charge in [0.15, 0.2) is 5.78 Å². The molecule has 1 aliphatic carbocycles. The molecule has 0 heterocycles. The van der Waals surface area contributed by atoms with Gasteiger partial charge in [0.25, 0.3) is 0 Å². The highest BCUT2D eigenvalue weighted by Gasteiger charge is 2.33. The Morgan fingerprint density at radius 2 is 2.09 bits per heavy atom. The van der Waals surface area contributed by atoms with Crippen LogP contribution in [0.25, 0.3) is 5.57 Å². The van der Waals surface area contributed by atoms with Crippen molar-refractivity contribution in [2.45, 2.75) is 19.5 Å². The highest BCUT2D eigenvalue weighted by molar-refractivity contribution is 6.32. The van der Waals surface area contributed by atoms with Gasteiger partial charge in [-0.25, -0.2) is 0 Å². The summed E-state index contributed by atoms with van der Waals surface area (Å²) in [5.41, 5.74) is 0.804. The summed E-state index contributed by atoms with van der Waals surface area (Å²) in [4.78, 5) is 12.4. The summed E-state index contributed by atoms with van der Waals surface area (Å²) in [5.74, 6) is -0.308. The Balaban J connectivity index is 2.50. The molecule has 0 saturated heterocycles. The van der Waals surface area contributed by atoms with E-state index in [-0.39, 0.29) is 16.9 Å². The molecule has 0 atom stereocenters. The summed E-state index contributed by atoms with van der Waals surface area (Å²) in [5, 5.41) is 3.05. The zero-order valence-corrected chi connectivity index (χ0v) is 12.3. The van der Waals surface area contributed by atoms with Gasteiger partial charge in [0.2, 0.25) is 0 Å². The molecule has 22 heavy (non-hydrogen) atoms. The van der Waals surface area contributed by atoms with Gasteiger partial charge < -0.3 is 10.1 Å². The van der Waals surface area contributed by atoms with E-state index in [1.165, 1.54) is 25.5 Å². The van der Waals surface area contributed by atoms with Gasteiger partial charge in [-0.2, -0.15) is 13.2 Å². The zero-order chi connectivity index (χ0) is 16.3. The number of carbonyl (C=O) groups excluding carboxylic acids is 1. The number of benzene rings is 1. The van der Waals surface area contributed by atoms with Crippen molar-refractivity contribution in [3.05, 3.63) is 52.9 Å². The van der Waals surface area contributed by atoms with Crippen LogP contribution in [0.1, 0.15) is 24.5 Å². The van der Waals surface area contributed by atoms with Gasteiger partial charge in [-0.1, -0.05) is 12.1 Å². The Labute approximate surface area is 126 Å². The summed E-state index contributed by atoms with van der Waals surface area (Å²) in [6, 6.07) is 4.80. The zero-order valence-electron chi connectivity index (χ0n) is 12.3. The van der Waals surface area contributed by atoms with Gasteiger partial charge in [0.1, 0.15) is 0 Å². The number of carbonyl (C=O) groups is 1. The van der Waals surface area contributed by atoms with Crippen molar-refractivity contribution in [2.24, 2.45) is 0 Å². The van der Waals surface area contributed by atoms with Crippen molar-refractivity contribution in [1.29, 1.82) is 0 Å². The number of hydrogen-bond donors (Lipinski definition) is 1. The van der Waals surface area contributed by atoms with E-state index in [4.69, 9.17) is 4.74 Å². The Kier molecular flexibility index (Phi) is 4.59. The highest BCUT2D eigenvalue weighted by Crippen LogP contribution is 2.36. The van der Waals surface area contributed by atoms with Crippen LogP contribution in [0, 0.1) is 0 Å². The molecule has 0 spiro atoms. The Hall–Kier alpha value is -2.24. The van der Waals surface area contributed by atoms with Crippen LogP contribution in [0.3, 0.4) is 0 Å². The number of allylic oxidation sites excluding steroid dienone is 2. The molecule has 1 N–H and O–H groups in total. The second-order valence-corrected chi connectivity index (χ2v) is 4.85. The molecule has 118 valence electrons. The van der Waals surface area contributed by atoms with Crippen LogP contribution in [-0.2, 0) is 15.7 Å². The van der Waals surface area contributed by atoms with Crippen LogP contribution < -0.4 is 5.32 Å². The maximum atomic E-state index is 12.8. The number of rotatable bonds is 4. The molecular weight excluding hydrogens is 295 g/mol. The molecule has 0 aromatic heterocycles. The third-order valence-electron chi connectivity index (χ3n) is 3.32. The first-order valence-corrected chi connectivity index (χ1v) is 6.79. The molecular formula is C16H16F3NO2. The number of hydrogen-bond acceptors (Lipinski definition) is 3. The van der Waals surface area contributed by atoms with Crippen LogP contribution in [-0.4, -0.2) is 19.4 Å². The van der Waals surface area contributed by atoms with Crippen molar-refractivity contribution < 1.29 is 22.7 Å². The molecule has 0 unspecified atom stereocenters. The molecule has 1 aliphatic rings. The summed E-state index contributed by atoms with van der Waals surface area (Å²) < 4.78 is 43.4. The van der Waals surface area contributed by atoms with Gasteiger partial charge >= 0.3 is 6.18 Å². The Morgan fingerprint density at radius 3 is 2.68 bits per heavy atom.